The second-order valence-corrected chi connectivity index (χ2v) is 8.66. The van der Waals surface area contributed by atoms with Crippen LogP contribution in [0, 0.1) is 10.6 Å². The van der Waals surface area contributed by atoms with E-state index in [1.165, 1.54) is 17.6 Å². The molecule has 31 heavy (non-hydrogen) atoms. The smallest absolute Gasteiger partial charge is 0.414 e. The summed E-state index contributed by atoms with van der Waals surface area (Å²) in [4.78, 5) is 19.5. The fraction of sp³-hybridized carbons (Fsp3) is 0.391. The number of nitrogens with zero attached hydrogens (tertiary/aromatic N) is 3. The van der Waals surface area contributed by atoms with Gasteiger partial charge in [0.2, 0.25) is 0 Å². The van der Waals surface area contributed by atoms with Gasteiger partial charge in [-0.05, 0) is 67.9 Å². The molecule has 1 unspecified atom stereocenters. The molecule has 0 spiro atoms. The lowest BCUT2D eigenvalue weighted by Crippen LogP contribution is -2.36. The van der Waals surface area contributed by atoms with Crippen molar-refractivity contribution in [2.75, 3.05) is 31.1 Å². The van der Waals surface area contributed by atoms with Gasteiger partial charge in [0.05, 0.1) is 17.6 Å². The number of likely N-dealkylation sites (tertiary alicyclic amines) is 1. The van der Waals surface area contributed by atoms with Crippen LogP contribution in [0.2, 0.25) is 0 Å². The highest BCUT2D eigenvalue weighted by Crippen LogP contribution is 2.28. The Balaban J connectivity index is 1.15. The average Bonchev–Trinajstić information content (AvgIpc) is 3.32. The Labute approximate surface area is 185 Å². The standard InChI is InChI=1S/C23H25FN4O2S/c24-16-5-7-17(8-6-16)27-15-19(30-23(27)29)11-14-26-12-9-18(10-13-26)28-21-4-2-1-3-20(21)25-22(28)31/h1-8,18-19H,9-15H2,(H,25,31). The molecule has 3 heterocycles. The minimum Gasteiger partial charge on any atom is -0.444 e. The molecule has 2 aromatic carbocycles. The molecule has 1 N–H and O–H groups in total. The van der Waals surface area contributed by atoms with E-state index in [0.29, 0.717) is 18.3 Å². The van der Waals surface area contributed by atoms with Crippen LogP contribution >= 0.6 is 12.2 Å². The number of nitrogens with one attached hydrogen (secondary N) is 1. The molecular weight excluding hydrogens is 415 g/mol. The van der Waals surface area contributed by atoms with Crippen molar-refractivity contribution in [1.29, 1.82) is 0 Å². The largest absolute Gasteiger partial charge is 0.444 e. The van der Waals surface area contributed by atoms with Crippen LogP contribution in [0.4, 0.5) is 14.9 Å². The summed E-state index contributed by atoms with van der Waals surface area (Å²) in [5.74, 6) is -0.315. The predicted molar refractivity (Wildman–Crippen MR) is 120 cm³/mol. The van der Waals surface area contributed by atoms with Crippen LogP contribution in [0.25, 0.3) is 11.0 Å². The molecule has 2 aliphatic heterocycles. The van der Waals surface area contributed by atoms with Gasteiger partial charge in [-0.15, -0.1) is 0 Å². The molecule has 2 aliphatic rings. The van der Waals surface area contributed by atoms with E-state index in [1.54, 1.807) is 17.0 Å². The van der Waals surface area contributed by atoms with Crippen molar-refractivity contribution in [3.63, 3.8) is 0 Å². The summed E-state index contributed by atoms with van der Waals surface area (Å²) in [6, 6.07) is 14.6. The first-order chi connectivity index (χ1) is 15.1. The van der Waals surface area contributed by atoms with E-state index < -0.39 is 0 Å². The molecule has 3 aromatic rings. The minimum absolute atomic E-state index is 0.141. The highest BCUT2D eigenvalue weighted by Gasteiger charge is 2.33. The number of anilines is 1. The first kappa shape index (κ1) is 20.2. The number of rotatable bonds is 5. The molecule has 1 aromatic heterocycles. The summed E-state index contributed by atoms with van der Waals surface area (Å²) >= 11 is 5.58. The monoisotopic (exact) mass is 440 g/mol. The van der Waals surface area contributed by atoms with Crippen molar-refractivity contribution in [3.05, 3.63) is 59.1 Å². The fourth-order valence-electron chi connectivity index (χ4n) is 4.67. The summed E-state index contributed by atoms with van der Waals surface area (Å²) < 4.78 is 21.7. The van der Waals surface area contributed by atoms with Gasteiger partial charge in [-0.3, -0.25) is 4.90 Å². The summed E-state index contributed by atoms with van der Waals surface area (Å²) in [5, 5.41) is 0. The van der Waals surface area contributed by atoms with E-state index in [-0.39, 0.29) is 18.0 Å². The zero-order chi connectivity index (χ0) is 21.4. The van der Waals surface area contributed by atoms with Gasteiger partial charge in [0, 0.05) is 31.4 Å². The lowest BCUT2D eigenvalue weighted by atomic mass is 10.0. The second kappa shape index (κ2) is 8.43. The van der Waals surface area contributed by atoms with Crippen molar-refractivity contribution in [3.8, 4) is 0 Å². The number of amides is 1. The van der Waals surface area contributed by atoms with Gasteiger partial charge in [-0.1, -0.05) is 12.1 Å². The lowest BCUT2D eigenvalue weighted by molar-refractivity contribution is 0.117. The molecule has 8 heteroatoms. The average molecular weight is 441 g/mol. The Bertz CT molecular complexity index is 1130. The Kier molecular flexibility index (Phi) is 5.50. The van der Waals surface area contributed by atoms with Crippen molar-refractivity contribution in [2.24, 2.45) is 0 Å². The number of aromatic nitrogens is 2. The van der Waals surface area contributed by atoms with Gasteiger partial charge >= 0.3 is 6.09 Å². The molecule has 0 saturated carbocycles. The number of fused-ring (bicyclic) bond motifs is 1. The molecule has 0 radical (unpaired) electrons. The number of ether oxygens (including phenoxy) is 1. The maximum atomic E-state index is 13.1. The number of piperidine rings is 1. The zero-order valence-corrected chi connectivity index (χ0v) is 18.0. The maximum absolute atomic E-state index is 13.1. The van der Waals surface area contributed by atoms with E-state index in [0.717, 1.165) is 49.2 Å². The van der Waals surface area contributed by atoms with E-state index in [4.69, 9.17) is 17.0 Å². The molecule has 162 valence electrons. The van der Waals surface area contributed by atoms with Crippen molar-refractivity contribution >= 4 is 35.0 Å². The third-order valence-corrected chi connectivity index (χ3v) is 6.62. The SMILES string of the molecule is O=C1OC(CCN2CCC(n3c(=S)[nH]c4ccccc43)CC2)CN1c1ccc(F)cc1. The Morgan fingerprint density at radius 2 is 1.84 bits per heavy atom. The number of hydrogen-bond donors (Lipinski definition) is 1. The fourth-order valence-corrected chi connectivity index (χ4v) is 5.03. The number of benzene rings is 2. The van der Waals surface area contributed by atoms with Crippen LogP contribution in [0.15, 0.2) is 48.5 Å². The van der Waals surface area contributed by atoms with Crippen LogP contribution in [-0.4, -0.2) is 52.8 Å². The van der Waals surface area contributed by atoms with E-state index in [1.807, 2.05) is 6.07 Å². The third kappa shape index (κ3) is 4.09. The Morgan fingerprint density at radius 1 is 1.10 bits per heavy atom. The third-order valence-electron chi connectivity index (χ3n) is 6.33. The van der Waals surface area contributed by atoms with Gasteiger partial charge in [-0.2, -0.15) is 0 Å². The number of para-hydroxylation sites is 2. The van der Waals surface area contributed by atoms with Gasteiger partial charge in [0.1, 0.15) is 11.9 Å². The van der Waals surface area contributed by atoms with Crippen LogP contribution in [0.5, 0.6) is 0 Å². The molecule has 1 amide bonds. The number of imidazole rings is 1. The van der Waals surface area contributed by atoms with Gasteiger partial charge in [0.25, 0.3) is 0 Å². The molecule has 1 atom stereocenters. The highest BCUT2D eigenvalue weighted by atomic mass is 32.1. The normalized spacial score (nSPS) is 20.5. The number of carbonyl (C=O) groups excluding carboxylic acids is 1. The number of carbonyl (C=O) groups is 1. The van der Waals surface area contributed by atoms with Crippen LogP contribution < -0.4 is 4.90 Å². The van der Waals surface area contributed by atoms with Crippen molar-refractivity contribution in [1.82, 2.24) is 14.5 Å². The second-order valence-electron chi connectivity index (χ2n) is 8.27. The highest BCUT2D eigenvalue weighted by molar-refractivity contribution is 7.71. The van der Waals surface area contributed by atoms with Gasteiger partial charge in [-0.25, -0.2) is 9.18 Å². The molecule has 0 bridgehead atoms. The first-order valence-corrected chi connectivity index (χ1v) is 11.1. The predicted octanol–water partition coefficient (Wildman–Crippen LogP) is 4.89. The number of H-pyrrole nitrogens is 1. The quantitative estimate of drug-likeness (QED) is 0.574. The van der Waals surface area contributed by atoms with Crippen LogP contribution in [-0.2, 0) is 4.74 Å². The first-order valence-electron chi connectivity index (χ1n) is 10.7. The topological polar surface area (TPSA) is 53.5 Å². The van der Waals surface area contributed by atoms with E-state index >= 15 is 0 Å². The number of halogens is 1. The maximum Gasteiger partial charge on any atom is 0.414 e. The Morgan fingerprint density at radius 3 is 2.61 bits per heavy atom. The summed E-state index contributed by atoms with van der Waals surface area (Å²) in [7, 11) is 0. The summed E-state index contributed by atoms with van der Waals surface area (Å²) in [6.45, 7) is 3.38. The van der Waals surface area contributed by atoms with Crippen LogP contribution in [0.1, 0.15) is 25.3 Å². The molecule has 2 fully saturated rings. The Hall–Kier alpha value is -2.71. The zero-order valence-electron chi connectivity index (χ0n) is 17.2. The summed E-state index contributed by atoms with van der Waals surface area (Å²) in [5.41, 5.74) is 2.93. The van der Waals surface area contributed by atoms with Crippen LogP contribution in [0.3, 0.4) is 0 Å². The van der Waals surface area contributed by atoms with E-state index in [2.05, 4.69) is 32.7 Å². The van der Waals surface area contributed by atoms with Crippen molar-refractivity contribution < 1.29 is 13.9 Å². The number of hydrogen-bond acceptors (Lipinski definition) is 4. The van der Waals surface area contributed by atoms with Gasteiger partial charge in [0.15, 0.2) is 4.77 Å². The minimum atomic E-state index is -0.357. The van der Waals surface area contributed by atoms with Gasteiger partial charge < -0.3 is 19.2 Å². The number of cyclic esters (lactones) is 1. The van der Waals surface area contributed by atoms with Crippen molar-refractivity contribution in [2.45, 2.75) is 31.4 Å². The molecule has 2 saturated heterocycles. The molecule has 5 rings (SSSR count). The lowest BCUT2D eigenvalue weighted by Gasteiger charge is -2.33. The molecule has 0 aliphatic carbocycles. The summed E-state index contributed by atoms with van der Waals surface area (Å²) in [6.07, 6.45) is 2.38. The molecule has 6 nitrogen and oxygen atoms in total. The molecular formula is C23H25FN4O2S. The van der Waals surface area contributed by atoms with E-state index in [9.17, 15) is 9.18 Å². The number of aromatic amines is 1.